The highest BCUT2D eigenvalue weighted by atomic mass is 16.3. The third kappa shape index (κ3) is 3.29. The van der Waals surface area contributed by atoms with Crippen molar-refractivity contribution in [2.24, 2.45) is 0 Å². The zero-order valence-electron chi connectivity index (χ0n) is 7.33. The van der Waals surface area contributed by atoms with Crippen LogP contribution in [0.15, 0.2) is 24.3 Å². The molecular weight excluding hydrogens is 164 g/mol. The molecule has 0 fully saturated rings. The molecule has 0 bridgehead atoms. The van der Waals surface area contributed by atoms with Crippen LogP contribution in [-0.2, 0) is 6.61 Å². The summed E-state index contributed by atoms with van der Waals surface area (Å²) in [5.41, 5.74) is 1.73. The first-order valence-corrected chi connectivity index (χ1v) is 4.16. The van der Waals surface area contributed by atoms with Gasteiger partial charge in [0.15, 0.2) is 0 Å². The van der Waals surface area contributed by atoms with Gasteiger partial charge in [-0.05, 0) is 17.7 Å². The predicted molar refractivity (Wildman–Crippen MR) is 50.9 cm³/mol. The maximum absolute atomic E-state index is 8.85. The second kappa shape index (κ2) is 5.36. The lowest BCUT2D eigenvalue weighted by Gasteiger charge is -1.95. The van der Waals surface area contributed by atoms with Crippen LogP contribution in [0.1, 0.15) is 17.5 Å². The highest BCUT2D eigenvalue weighted by Crippen LogP contribution is 2.03. The quantitative estimate of drug-likeness (QED) is 0.658. The average Bonchev–Trinajstić information content (AvgIpc) is 2.19. The number of benzene rings is 1. The minimum absolute atomic E-state index is 0.0372. The van der Waals surface area contributed by atoms with Crippen LogP contribution < -0.4 is 0 Å². The summed E-state index contributed by atoms with van der Waals surface area (Å²) in [7, 11) is 0. The standard InChI is InChI=1S/C11H12O2/c12-7-2-1-4-10-5-3-6-11(8-10)9-13/h3,5-6,8,12-13H,2,7,9H2. The Labute approximate surface area is 77.8 Å². The molecule has 0 aliphatic heterocycles. The van der Waals surface area contributed by atoms with E-state index < -0.39 is 0 Å². The van der Waals surface area contributed by atoms with Gasteiger partial charge in [0.2, 0.25) is 0 Å². The second-order valence-electron chi connectivity index (χ2n) is 2.63. The van der Waals surface area contributed by atoms with Gasteiger partial charge in [0.25, 0.3) is 0 Å². The molecule has 1 aromatic carbocycles. The Kier molecular flexibility index (Phi) is 4.04. The van der Waals surface area contributed by atoms with Crippen LogP contribution in [0, 0.1) is 11.8 Å². The number of hydrogen-bond acceptors (Lipinski definition) is 2. The van der Waals surface area contributed by atoms with Gasteiger partial charge in [0, 0.05) is 12.0 Å². The molecule has 0 aliphatic carbocycles. The number of aliphatic hydroxyl groups is 2. The molecule has 0 aromatic heterocycles. The molecule has 2 nitrogen and oxygen atoms in total. The Bertz CT molecular complexity index is 320. The molecule has 0 aliphatic rings. The number of hydrogen-bond donors (Lipinski definition) is 2. The topological polar surface area (TPSA) is 40.5 Å². The van der Waals surface area contributed by atoms with Gasteiger partial charge in [-0.1, -0.05) is 24.0 Å². The molecule has 0 unspecified atom stereocenters. The van der Waals surface area contributed by atoms with Crippen molar-refractivity contribution in [3.63, 3.8) is 0 Å². The molecule has 0 spiro atoms. The average molecular weight is 176 g/mol. The van der Waals surface area contributed by atoms with Gasteiger partial charge in [-0.15, -0.1) is 0 Å². The fourth-order valence-corrected chi connectivity index (χ4v) is 0.968. The van der Waals surface area contributed by atoms with Crippen LogP contribution in [0.4, 0.5) is 0 Å². The fourth-order valence-electron chi connectivity index (χ4n) is 0.968. The molecule has 0 heterocycles. The minimum Gasteiger partial charge on any atom is -0.395 e. The summed E-state index contributed by atoms with van der Waals surface area (Å²) in [5.74, 6) is 5.72. The van der Waals surface area contributed by atoms with E-state index in [0.717, 1.165) is 11.1 Å². The molecule has 0 saturated carbocycles. The normalized spacial score (nSPS) is 9.08. The fraction of sp³-hybridized carbons (Fsp3) is 0.273. The monoisotopic (exact) mass is 176 g/mol. The highest BCUT2D eigenvalue weighted by Gasteiger charge is 1.90. The highest BCUT2D eigenvalue weighted by molar-refractivity contribution is 5.36. The van der Waals surface area contributed by atoms with Gasteiger partial charge < -0.3 is 10.2 Å². The Balaban J connectivity index is 2.73. The van der Waals surface area contributed by atoms with E-state index in [0.29, 0.717) is 6.42 Å². The second-order valence-corrected chi connectivity index (χ2v) is 2.63. The van der Waals surface area contributed by atoms with E-state index in [1.807, 2.05) is 24.3 Å². The third-order valence-electron chi connectivity index (χ3n) is 1.58. The predicted octanol–water partition coefficient (Wildman–Crippen LogP) is 0.913. The van der Waals surface area contributed by atoms with Crippen molar-refractivity contribution in [1.29, 1.82) is 0 Å². The SMILES string of the molecule is OCCC#Cc1cccc(CO)c1. The van der Waals surface area contributed by atoms with E-state index in [1.54, 1.807) is 0 Å². The van der Waals surface area contributed by atoms with Crippen LogP contribution in [-0.4, -0.2) is 16.8 Å². The molecule has 0 radical (unpaired) electrons. The molecule has 0 saturated heterocycles. The first-order valence-electron chi connectivity index (χ1n) is 4.16. The summed E-state index contributed by atoms with van der Waals surface area (Å²) in [6, 6.07) is 7.42. The first kappa shape index (κ1) is 9.79. The Morgan fingerprint density at radius 3 is 2.77 bits per heavy atom. The lowest BCUT2D eigenvalue weighted by Crippen LogP contribution is -1.83. The van der Waals surface area contributed by atoms with Gasteiger partial charge >= 0.3 is 0 Å². The van der Waals surface area contributed by atoms with Crippen LogP contribution >= 0.6 is 0 Å². The zero-order valence-corrected chi connectivity index (χ0v) is 7.33. The van der Waals surface area contributed by atoms with Gasteiger partial charge in [-0.2, -0.15) is 0 Å². The molecule has 0 atom stereocenters. The van der Waals surface area contributed by atoms with E-state index in [4.69, 9.17) is 10.2 Å². The van der Waals surface area contributed by atoms with Crippen LogP contribution in [0.3, 0.4) is 0 Å². The van der Waals surface area contributed by atoms with Crippen molar-refractivity contribution in [1.82, 2.24) is 0 Å². The van der Waals surface area contributed by atoms with Gasteiger partial charge in [0.05, 0.1) is 13.2 Å². The van der Waals surface area contributed by atoms with E-state index in [-0.39, 0.29) is 13.2 Å². The van der Waals surface area contributed by atoms with Crippen molar-refractivity contribution in [3.05, 3.63) is 35.4 Å². The molecule has 13 heavy (non-hydrogen) atoms. The Hall–Kier alpha value is -1.30. The van der Waals surface area contributed by atoms with Gasteiger partial charge in [0.1, 0.15) is 0 Å². The van der Waals surface area contributed by atoms with E-state index in [9.17, 15) is 0 Å². The van der Waals surface area contributed by atoms with Crippen molar-refractivity contribution >= 4 is 0 Å². The molecule has 2 N–H and O–H groups in total. The molecular formula is C11H12O2. The van der Waals surface area contributed by atoms with Crippen molar-refractivity contribution < 1.29 is 10.2 Å². The Morgan fingerprint density at radius 2 is 2.08 bits per heavy atom. The van der Waals surface area contributed by atoms with Gasteiger partial charge in [-0.3, -0.25) is 0 Å². The summed E-state index contributed by atoms with van der Waals surface area (Å²) in [5, 5.41) is 17.3. The minimum atomic E-state index is 0.0372. The Morgan fingerprint density at radius 1 is 1.23 bits per heavy atom. The lowest BCUT2D eigenvalue weighted by molar-refractivity contribution is 0.282. The summed E-state index contributed by atoms with van der Waals surface area (Å²) in [6.45, 7) is 0.127. The molecule has 2 heteroatoms. The van der Waals surface area contributed by atoms with Crippen LogP contribution in [0.5, 0.6) is 0 Å². The van der Waals surface area contributed by atoms with Crippen LogP contribution in [0.25, 0.3) is 0 Å². The number of aliphatic hydroxyl groups excluding tert-OH is 2. The van der Waals surface area contributed by atoms with Crippen molar-refractivity contribution in [2.45, 2.75) is 13.0 Å². The maximum atomic E-state index is 8.85. The zero-order chi connectivity index (χ0) is 9.52. The van der Waals surface area contributed by atoms with Crippen LogP contribution in [0.2, 0.25) is 0 Å². The largest absolute Gasteiger partial charge is 0.395 e. The number of rotatable bonds is 2. The molecule has 0 amide bonds. The van der Waals surface area contributed by atoms with E-state index >= 15 is 0 Å². The first-order chi connectivity index (χ1) is 6.36. The summed E-state index contributed by atoms with van der Waals surface area (Å²) < 4.78 is 0. The lowest BCUT2D eigenvalue weighted by atomic mass is 10.1. The molecule has 1 aromatic rings. The molecule has 1 rings (SSSR count). The smallest absolute Gasteiger partial charge is 0.0682 e. The third-order valence-corrected chi connectivity index (χ3v) is 1.58. The van der Waals surface area contributed by atoms with Gasteiger partial charge in [-0.25, -0.2) is 0 Å². The van der Waals surface area contributed by atoms with E-state index in [2.05, 4.69) is 11.8 Å². The summed E-state index contributed by atoms with van der Waals surface area (Å²) in [6.07, 6.45) is 0.489. The summed E-state index contributed by atoms with van der Waals surface area (Å²) in [4.78, 5) is 0. The van der Waals surface area contributed by atoms with Crippen molar-refractivity contribution in [3.8, 4) is 11.8 Å². The van der Waals surface area contributed by atoms with E-state index in [1.165, 1.54) is 0 Å². The summed E-state index contributed by atoms with van der Waals surface area (Å²) >= 11 is 0. The maximum Gasteiger partial charge on any atom is 0.0682 e. The molecule has 68 valence electrons. The van der Waals surface area contributed by atoms with Crippen molar-refractivity contribution in [2.75, 3.05) is 6.61 Å².